The molecule has 0 aromatic heterocycles. The number of aliphatic imine (C=N–C) groups is 1. The van der Waals surface area contributed by atoms with Crippen molar-refractivity contribution in [1.29, 1.82) is 0 Å². The normalized spacial score (nSPS) is 17.5. The summed E-state index contributed by atoms with van der Waals surface area (Å²) >= 11 is 0. The molecule has 0 bridgehead atoms. The molecule has 0 aromatic rings. The van der Waals surface area contributed by atoms with E-state index >= 15 is 0 Å². The molecule has 0 rings (SSSR count). The van der Waals surface area contributed by atoms with Crippen LogP contribution in [0.3, 0.4) is 0 Å². The van der Waals surface area contributed by atoms with Crippen LogP contribution in [-0.4, -0.2) is 23.5 Å². The van der Waals surface area contributed by atoms with Crippen molar-refractivity contribution in [3.63, 3.8) is 0 Å². The molecule has 10 heavy (non-hydrogen) atoms. The molecule has 1 unspecified atom stereocenters. The molecule has 0 aliphatic rings. The van der Waals surface area contributed by atoms with Crippen LogP contribution in [0.25, 0.3) is 0 Å². The molecule has 0 aromatic carbocycles. The average Bonchev–Trinajstić information content (AvgIpc) is 1.86. The van der Waals surface area contributed by atoms with Gasteiger partial charge in [0, 0.05) is 49.6 Å². The smallest absolute Gasteiger partial charge is 0.0988 e. The fourth-order valence-corrected chi connectivity index (χ4v) is 0.497. The minimum absolute atomic E-state index is 0. The van der Waals surface area contributed by atoms with Crippen LogP contribution in [0.2, 0.25) is 0 Å². The molecule has 0 fully saturated rings. The second kappa shape index (κ2) is 5.51. The Labute approximate surface area is 91.9 Å². The molecule has 1 atom stereocenters. The minimum atomic E-state index is -0.700. The Morgan fingerprint density at radius 1 is 1.60 bits per heavy atom. The summed E-state index contributed by atoms with van der Waals surface area (Å²) in [5, 5.41) is 9.46. The summed E-state index contributed by atoms with van der Waals surface area (Å²) in [5.41, 5.74) is 0.0966. The van der Waals surface area contributed by atoms with Crippen molar-refractivity contribution in [1.82, 2.24) is 0 Å². The van der Waals surface area contributed by atoms with Crippen molar-refractivity contribution in [2.45, 2.75) is 32.8 Å². The quantitative estimate of drug-likeness (QED) is 0.764. The van der Waals surface area contributed by atoms with E-state index in [1.807, 2.05) is 13.8 Å². The third kappa shape index (κ3) is 3.89. The number of hydrogen-bond acceptors (Lipinski definition) is 2. The topological polar surface area (TPSA) is 32.6 Å². The van der Waals surface area contributed by atoms with Crippen LogP contribution >= 0.6 is 0 Å². The predicted octanol–water partition coefficient (Wildman–Crippen LogP) is 1.24. The van der Waals surface area contributed by atoms with E-state index in [9.17, 15) is 5.11 Å². The fraction of sp³-hybridized carbons (Fsp3) is 0.857. The van der Waals surface area contributed by atoms with E-state index in [1.165, 1.54) is 0 Å². The molecule has 0 aliphatic carbocycles. The van der Waals surface area contributed by atoms with Gasteiger partial charge in [0.25, 0.3) is 0 Å². The maximum Gasteiger partial charge on any atom is 0.0988 e. The van der Waals surface area contributed by atoms with Gasteiger partial charge < -0.3 is 5.11 Å². The van der Waals surface area contributed by atoms with Crippen LogP contribution in [0.1, 0.15) is 27.2 Å². The van der Waals surface area contributed by atoms with Crippen LogP contribution in [-0.2, 0) is 0 Å². The molecule has 0 spiro atoms. The van der Waals surface area contributed by atoms with Gasteiger partial charge in [0.15, 0.2) is 0 Å². The molecule has 0 amide bonds. The largest absolute Gasteiger partial charge is 0.384 e. The number of hydrogen-bond donors (Lipinski definition) is 1. The van der Waals surface area contributed by atoms with Gasteiger partial charge in [0.05, 0.1) is 5.60 Å². The Bertz CT molecular complexity index is 121. The zero-order valence-corrected chi connectivity index (χ0v) is 8.66. The number of rotatable bonds is 2. The number of nitrogens with zero attached hydrogens (tertiary/aromatic N) is 1. The van der Waals surface area contributed by atoms with Crippen molar-refractivity contribution in [2.75, 3.05) is 7.05 Å². The fourth-order valence-electron chi connectivity index (χ4n) is 0.497. The molecule has 0 aliphatic heterocycles. The molecule has 3 heteroatoms. The van der Waals surface area contributed by atoms with Gasteiger partial charge in [-0.2, -0.15) is 0 Å². The zero-order valence-electron chi connectivity index (χ0n) is 6.88. The third-order valence-corrected chi connectivity index (χ3v) is 1.80. The molecule has 0 heterocycles. The second-order valence-electron chi connectivity index (χ2n) is 2.44. The molecule has 0 saturated heterocycles. The maximum absolute atomic E-state index is 9.46. The van der Waals surface area contributed by atoms with Gasteiger partial charge in [-0.15, -0.1) is 0 Å². The summed E-state index contributed by atoms with van der Waals surface area (Å²) in [6.07, 6.45) is 0.718. The van der Waals surface area contributed by atoms with E-state index in [4.69, 9.17) is 0 Å². The monoisotopic (exact) mass is 298 g/mol. The van der Waals surface area contributed by atoms with Crippen molar-refractivity contribution >= 4 is 5.71 Å². The van der Waals surface area contributed by atoms with Crippen LogP contribution in [0.4, 0.5) is 0 Å². The van der Waals surface area contributed by atoms with Crippen molar-refractivity contribution in [2.24, 2.45) is 4.99 Å². The van der Waals surface area contributed by atoms with Gasteiger partial charge in [0.1, 0.15) is 0 Å². The third-order valence-electron chi connectivity index (χ3n) is 1.80. The van der Waals surface area contributed by atoms with E-state index in [1.54, 1.807) is 14.0 Å². The Morgan fingerprint density at radius 2 is 2.00 bits per heavy atom. The van der Waals surface area contributed by atoms with Gasteiger partial charge in [-0.25, -0.2) is 0 Å². The van der Waals surface area contributed by atoms with E-state index in [2.05, 4.69) is 4.99 Å². The Morgan fingerprint density at radius 3 is 2.10 bits per heavy atom. The van der Waals surface area contributed by atoms with Crippen LogP contribution in [0.5, 0.6) is 0 Å². The summed E-state index contributed by atoms with van der Waals surface area (Å²) in [5.74, 6) is 0. The predicted molar refractivity (Wildman–Crippen MR) is 39.9 cm³/mol. The summed E-state index contributed by atoms with van der Waals surface area (Å²) < 4.78 is 0. The molecule has 1 radical (unpaired) electrons. The van der Waals surface area contributed by atoms with Crippen molar-refractivity contribution in [3.05, 3.63) is 0 Å². The van der Waals surface area contributed by atoms with Crippen molar-refractivity contribution in [3.8, 4) is 0 Å². The minimum Gasteiger partial charge on any atom is -0.384 e. The molecular formula is C7H15NOTm. The maximum atomic E-state index is 9.46. The van der Waals surface area contributed by atoms with Crippen LogP contribution in [0.15, 0.2) is 4.99 Å². The van der Waals surface area contributed by atoms with Gasteiger partial charge in [0.2, 0.25) is 0 Å². The molecular weight excluding hydrogens is 283 g/mol. The zero-order chi connectivity index (χ0) is 7.49. The molecule has 67 valence electrons. The molecule has 1 N–H and O–H groups in total. The van der Waals surface area contributed by atoms with E-state index in [0.29, 0.717) is 0 Å². The molecule has 2 nitrogen and oxygen atoms in total. The SMILES string of the molecule is CCC(C)(O)C(C)=NC.[Tm]. The number of aliphatic hydroxyl groups is 1. The van der Waals surface area contributed by atoms with Crippen molar-refractivity contribution < 1.29 is 42.0 Å². The first-order chi connectivity index (χ1) is 4.04. The van der Waals surface area contributed by atoms with Crippen LogP contribution in [0, 0.1) is 36.9 Å². The van der Waals surface area contributed by atoms with E-state index in [-0.39, 0.29) is 36.9 Å². The first-order valence-electron chi connectivity index (χ1n) is 3.21. The van der Waals surface area contributed by atoms with Gasteiger partial charge in [-0.1, -0.05) is 6.92 Å². The summed E-state index contributed by atoms with van der Waals surface area (Å²) in [4.78, 5) is 3.90. The Hall–Kier alpha value is 0.864. The summed E-state index contributed by atoms with van der Waals surface area (Å²) in [6.45, 7) is 5.55. The first kappa shape index (κ1) is 13.5. The Kier molecular flexibility index (Phi) is 7.41. The van der Waals surface area contributed by atoms with Gasteiger partial charge in [-0.3, -0.25) is 4.99 Å². The average molecular weight is 298 g/mol. The summed E-state index contributed by atoms with van der Waals surface area (Å²) in [6, 6.07) is 0. The second-order valence-corrected chi connectivity index (χ2v) is 2.44. The van der Waals surface area contributed by atoms with Gasteiger partial charge in [-0.05, 0) is 20.3 Å². The van der Waals surface area contributed by atoms with E-state index in [0.717, 1.165) is 12.1 Å². The first-order valence-corrected chi connectivity index (χ1v) is 3.21. The van der Waals surface area contributed by atoms with Crippen LogP contribution < -0.4 is 0 Å². The van der Waals surface area contributed by atoms with Gasteiger partial charge >= 0.3 is 0 Å². The molecule has 0 saturated carbocycles. The Balaban J connectivity index is 0. The van der Waals surface area contributed by atoms with E-state index < -0.39 is 5.60 Å². The standard InChI is InChI=1S/C7H15NO.Tm/c1-5-7(3,9)6(2)8-4;/h9H,5H2,1-4H3;. The summed E-state index contributed by atoms with van der Waals surface area (Å²) in [7, 11) is 1.69.